The Morgan fingerprint density at radius 1 is 1.39 bits per heavy atom. The zero-order chi connectivity index (χ0) is 13.1. The van der Waals surface area contributed by atoms with Crippen LogP contribution in [0.1, 0.15) is 11.1 Å². The molecule has 0 aliphatic rings. The zero-order valence-corrected chi connectivity index (χ0v) is 11.3. The molecule has 0 aliphatic heterocycles. The first kappa shape index (κ1) is 12.9. The molecule has 0 bridgehead atoms. The van der Waals surface area contributed by atoms with Gasteiger partial charge in [0.2, 0.25) is 0 Å². The number of amidine groups is 1. The first-order valence-electron chi connectivity index (χ1n) is 5.31. The Balaban J connectivity index is 2.41. The number of halogens is 1. The van der Waals surface area contributed by atoms with Gasteiger partial charge in [-0.2, -0.15) is 0 Å². The number of aromatic nitrogens is 1. The number of pyridine rings is 1. The van der Waals surface area contributed by atoms with Gasteiger partial charge in [-0.05, 0) is 31.2 Å². The molecular weight excluding hydrogens is 266 g/mol. The predicted octanol–water partition coefficient (Wildman–Crippen LogP) is 3.48. The van der Waals surface area contributed by atoms with E-state index in [4.69, 9.17) is 22.7 Å². The summed E-state index contributed by atoms with van der Waals surface area (Å²) in [6.07, 6.45) is 1.69. The van der Waals surface area contributed by atoms with Crippen molar-refractivity contribution < 1.29 is 0 Å². The molecule has 1 heterocycles. The quantitative estimate of drug-likeness (QED) is 0.667. The Hall–Kier alpha value is -1.52. The lowest BCUT2D eigenvalue weighted by molar-refractivity contribution is 1.13. The van der Waals surface area contributed by atoms with Crippen molar-refractivity contribution in [3.05, 3.63) is 52.7 Å². The van der Waals surface area contributed by atoms with E-state index in [-0.39, 0.29) is 5.84 Å². The van der Waals surface area contributed by atoms with Crippen LogP contribution in [0.15, 0.2) is 46.5 Å². The molecule has 92 valence electrons. The highest BCUT2D eigenvalue weighted by molar-refractivity contribution is 7.99. The van der Waals surface area contributed by atoms with Gasteiger partial charge in [-0.3, -0.25) is 5.41 Å². The molecule has 0 saturated heterocycles. The summed E-state index contributed by atoms with van der Waals surface area (Å²) in [5.41, 5.74) is 7.37. The number of hydrogen-bond donors (Lipinski definition) is 2. The summed E-state index contributed by atoms with van der Waals surface area (Å²) in [4.78, 5) is 5.10. The second-order valence-corrected chi connectivity index (χ2v) is 5.24. The third-order valence-electron chi connectivity index (χ3n) is 2.36. The fourth-order valence-electron chi connectivity index (χ4n) is 1.49. The summed E-state index contributed by atoms with van der Waals surface area (Å²) < 4.78 is 0. The van der Waals surface area contributed by atoms with Gasteiger partial charge in [0.15, 0.2) is 0 Å². The summed E-state index contributed by atoms with van der Waals surface area (Å²) >= 11 is 7.48. The van der Waals surface area contributed by atoms with Crippen molar-refractivity contribution >= 4 is 29.2 Å². The Labute approximate surface area is 115 Å². The fourth-order valence-corrected chi connectivity index (χ4v) is 2.63. The van der Waals surface area contributed by atoms with E-state index in [2.05, 4.69) is 4.98 Å². The van der Waals surface area contributed by atoms with Crippen LogP contribution in [0.3, 0.4) is 0 Å². The van der Waals surface area contributed by atoms with E-state index in [1.165, 1.54) is 11.8 Å². The van der Waals surface area contributed by atoms with Gasteiger partial charge in [0, 0.05) is 16.7 Å². The molecule has 2 rings (SSSR count). The molecule has 0 amide bonds. The standard InChI is InChI=1S/C13H12ClN3S/c1-8-4-5-11(9(7-8)12(15)16)18-13-10(14)3-2-6-17-13/h2-7H,1H3,(H3,15,16). The number of nitrogens with zero attached hydrogens (tertiary/aromatic N) is 1. The first-order valence-corrected chi connectivity index (χ1v) is 6.51. The highest BCUT2D eigenvalue weighted by atomic mass is 35.5. The largest absolute Gasteiger partial charge is 0.384 e. The molecule has 5 heteroatoms. The van der Waals surface area contributed by atoms with Gasteiger partial charge < -0.3 is 5.73 Å². The fraction of sp³-hybridized carbons (Fsp3) is 0.0769. The van der Waals surface area contributed by atoms with Gasteiger partial charge in [-0.15, -0.1) is 0 Å². The monoisotopic (exact) mass is 277 g/mol. The van der Waals surface area contributed by atoms with Gasteiger partial charge in [0.25, 0.3) is 0 Å². The number of rotatable bonds is 3. The number of aryl methyl sites for hydroxylation is 1. The van der Waals surface area contributed by atoms with Gasteiger partial charge in [-0.25, -0.2) is 4.98 Å². The molecule has 0 atom stereocenters. The van der Waals surface area contributed by atoms with Crippen molar-refractivity contribution in [2.75, 3.05) is 0 Å². The SMILES string of the molecule is Cc1ccc(Sc2ncccc2Cl)c(C(=N)N)c1. The molecule has 1 aromatic heterocycles. The highest BCUT2D eigenvalue weighted by Crippen LogP contribution is 2.33. The summed E-state index contributed by atoms with van der Waals surface area (Å²) in [6.45, 7) is 1.97. The molecule has 18 heavy (non-hydrogen) atoms. The highest BCUT2D eigenvalue weighted by Gasteiger charge is 2.10. The Morgan fingerprint density at radius 3 is 2.83 bits per heavy atom. The molecule has 0 spiro atoms. The molecule has 1 aromatic carbocycles. The second-order valence-electron chi connectivity index (χ2n) is 3.81. The van der Waals surface area contributed by atoms with Crippen LogP contribution in [-0.2, 0) is 0 Å². The molecule has 0 fully saturated rings. The van der Waals surface area contributed by atoms with Gasteiger partial charge >= 0.3 is 0 Å². The van der Waals surface area contributed by atoms with E-state index in [1.54, 1.807) is 18.3 Å². The van der Waals surface area contributed by atoms with Crippen molar-refractivity contribution in [3.8, 4) is 0 Å². The maximum atomic E-state index is 7.60. The Morgan fingerprint density at radius 2 is 2.17 bits per heavy atom. The van der Waals surface area contributed by atoms with Crippen molar-refractivity contribution in [2.45, 2.75) is 16.8 Å². The lowest BCUT2D eigenvalue weighted by atomic mass is 10.1. The summed E-state index contributed by atoms with van der Waals surface area (Å²) in [5, 5.41) is 8.91. The minimum atomic E-state index is 0.0493. The minimum Gasteiger partial charge on any atom is -0.384 e. The first-order chi connectivity index (χ1) is 8.58. The minimum absolute atomic E-state index is 0.0493. The van der Waals surface area contributed by atoms with E-state index in [0.717, 1.165) is 10.5 Å². The van der Waals surface area contributed by atoms with E-state index in [1.807, 2.05) is 25.1 Å². The topological polar surface area (TPSA) is 62.8 Å². The number of nitrogens with two attached hydrogens (primary N) is 1. The Bertz CT molecular complexity index is 599. The van der Waals surface area contributed by atoms with E-state index in [0.29, 0.717) is 15.6 Å². The maximum absolute atomic E-state index is 7.60. The van der Waals surface area contributed by atoms with Crippen molar-refractivity contribution in [3.63, 3.8) is 0 Å². The Kier molecular flexibility index (Phi) is 3.89. The van der Waals surface area contributed by atoms with Crippen LogP contribution < -0.4 is 5.73 Å². The van der Waals surface area contributed by atoms with Crippen LogP contribution in [0.25, 0.3) is 0 Å². The molecule has 3 nitrogen and oxygen atoms in total. The van der Waals surface area contributed by atoms with Crippen LogP contribution in [0, 0.1) is 12.3 Å². The van der Waals surface area contributed by atoms with Crippen LogP contribution >= 0.6 is 23.4 Å². The zero-order valence-electron chi connectivity index (χ0n) is 9.77. The third-order valence-corrected chi connectivity index (χ3v) is 3.87. The van der Waals surface area contributed by atoms with Gasteiger partial charge in [-0.1, -0.05) is 35.0 Å². The van der Waals surface area contributed by atoms with Crippen LogP contribution in [0.5, 0.6) is 0 Å². The predicted molar refractivity (Wildman–Crippen MR) is 75.6 cm³/mol. The number of benzene rings is 1. The van der Waals surface area contributed by atoms with Crippen LogP contribution in [-0.4, -0.2) is 10.8 Å². The van der Waals surface area contributed by atoms with Crippen molar-refractivity contribution in [1.82, 2.24) is 4.98 Å². The third kappa shape index (κ3) is 2.83. The number of nitrogens with one attached hydrogen (secondary N) is 1. The smallest absolute Gasteiger partial charge is 0.123 e. The molecule has 3 N–H and O–H groups in total. The molecule has 0 radical (unpaired) electrons. The van der Waals surface area contributed by atoms with Crippen LogP contribution in [0.2, 0.25) is 5.02 Å². The van der Waals surface area contributed by atoms with E-state index < -0.39 is 0 Å². The van der Waals surface area contributed by atoms with Gasteiger partial charge in [0.05, 0.1) is 5.02 Å². The molecule has 2 aromatic rings. The van der Waals surface area contributed by atoms with E-state index >= 15 is 0 Å². The normalized spacial score (nSPS) is 10.3. The van der Waals surface area contributed by atoms with Crippen molar-refractivity contribution in [2.24, 2.45) is 5.73 Å². The van der Waals surface area contributed by atoms with E-state index in [9.17, 15) is 0 Å². The summed E-state index contributed by atoms with van der Waals surface area (Å²) in [5.74, 6) is 0.0493. The number of hydrogen-bond acceptors (Lipinski definition) is 3. The summed E-state index contributed by atoms with van der Waals surface area (Å²) in [7, 11) is 0. The average Bonchev–Trinajstić information content (AvgIpc) is 2.34. The molecule has 0 unspecified atom stereocenters. The van der Waals surface area contributed by atoms with Gasteiger partial charge in [0.1, 0.15) is 10.9 Å². The molecular formula is C13H12ClN3S. The lowest BCUT2D eigenvalue weighted by Gasteiger charge is -2.09. The lowest BCUT2D eigenvalue weighted by Crippen LogP contribution is -2.12. The molecule has 0 saturated carbocycles. The summed E-state index contributed by atoms with van der Waals surface area (Å²) in [6, 6.07) is 9.38. The number of nitrogen functional groups attached to an aromatic ring is 1. The van der Waals surface area contributed by atoms with Crippen LogP contribution in [0.4, 0.5) is 0 Å². The molecule has 0 aliphatic carbocycles. The average molecular weight is 278 g/mol. The maximum Gasteiger partial charge on any atom is 0.123 e. The second kappa shape index (κ2) is 5.42. The van der Waals surface area contributed by atoms with Crippen molar-refractivity contribution in [1.29, 1.82) is 5.41 Å².